The first-order valence-electron chi connectivity index (χ1n) is 5.39. The van der Waals surface area contributed by atoms with Crippen molar-refractivity contribution in [1.29, 1.82) is 0 Å². The van der Waals surface area contributed by atoms with E-state index in [1.807, 2.05) is 6.08 Å². The van der Waals surface area contributed by atoms with Gasteiger partial charge in [-0.3, -0.25) is 4.90 Å². The summed E-state index contributed by atoms with van der Waals surface area (Å²) in [7, 11) is 0. The first-order valence-corrected chi connectivity index (χ1v) is 5.39. The van der Waals surface area contributed by atoms with Crippen LogP contribution in [0.15, 0.2) is 43.0 Å². The first kappa shape index (κ1) is 10.4. The molecule has 2 heteroatoms. The van der Waals surface area contributed by atoms with Crippen molar-refractivity contribution in [3.8, 4) is 0 Å². The summed E-state index contributed by atoms with van der Waals surface area (Å²) >= 11 is 0. The van der Waals surface area contributed by atoms with Crippen LogP contribution in [0, 0.1) is 0 Å². The van der Waals surface area contributed by atoms with Crippen molar-refractivity contribution in [2.24, 2.45) is 0 Å². The molecule has 0 spiro atoms. The van der Waals surface area contributed by atoms with E-state index in [9.17, 15) is 0 Å². The molecule has 0 N–H and O–H groups in total. The SMILES string of the molecule is C=CC1CN(Cc2ccccc2)CCO1. The van der Waals surface area contributed by atoms with Crippen LogP contribution in [-0.2, 0) is 11.3 Å². The molecule has 1 atom stereocenters. The molecule has 0 radical (unpaired) electrons. The number of ether oxygens (including phenoxy) is 1. The van der Waals surface area contributed by atoms with Gasteiger partial charge >= 0.3 is 0 Å². The Labute approximate surface area is 91.2 Å². The van der Waals surface area contributed by atoms with Crippen LogP contribution in [-0.4, -0.2) is 30.7 Å². The van der Waals surface area contributed by atoms with E-state index < -0.39 is 0 Å². The van der Waals surface area contributed by atoms with Gasteiger partial charge in [-0.15, -0.1) is 6.58 Å². The van der Waals surface area contributed by atoms with Gasteiger partial charge in [0.25, 0.3) is 0 Å². The molecule has 0 aliphatic carbocycles. The number of hydrogen-bond acceptors (Lipinski definition) is 2. The summed E-state index contributed by atoms with van der Waals surface area (Å²) in [5, 5.41) is 0. The minimum Gasteiger partial charge on any atom is -0.371 e. The maximum Gasteiger partial charge on any atom is 0.0880 e. The van der Waals surface area contributed by atoms with Gasteiger partial charge in [0.1, 0.15) is 0 Å². The van der Waals surface area contributed by atoms with Crippen LogP contribution in [0.4, 0.5) is 0 Å². The first-order chi connectivity index (χ1) is 7.38. The van der Waals surface area contributed by atoms with Gasteiger partial charge in [0, 0.05) is 19.6 Å². The zero-order valence-corrected chi connectivity index (χ0v) is 8.93. The predicted octanol–water partition coefficient (Wildman–Crippen LogP) is 2.07. The standard InChI is InChI=1S/C13H17NO/c1-2-13-11-14(8-9-15-13)10-12-6-4-3-5-7-12/h2-7,13H,1,8-11H2. The van der Waals surface area contributed by atoms with Crippen LogP contribution >= 0.6 is 0 Å². The van der Waals surface area contributed by atoms with E-state index in [1.54, 1.807) is 0 Å². The molecule has 1 aliphatic heterocycles. The van der Waals surface area contributed by atoms with Gasteiger partial charge in [-0.1, -0.05) is 36.4 Å². The van der Waals surface area contributed by atoms with Crippen LogP contribution in [0.1, 0.15) is 5.56 Å². The van der Waals surface area contributed by atoms with E-state index in [1.165, 1.54) is 5.56 Å². The van der Waals surface area contributed by atoms with Gasteiger partial charge in [0.15, 0.2) is 0 Å². The lowest BCUT2D eigenvalue weighted by Gasteiger charge is -2.31. The van der Waals surface area contributed by atoms with Crippen LogP contribution in [0.2, 0.25) is 0 Å². The van der Waals surface area contributed by atoms with Crippen LogP contribution in [0.25, 0.3) is 0 Å². The van der Waals surface area contributed by atoms with Crippen molar-refractivity contribution in [3.63, 3.8) is 0 Å². The van der Waals surface area contributed by atoms with Gasteiger partial charge < -0.3 is 4.74 Å². The van der Waals surface area contributed by atoms with E-state index in [2.05, 4.69) is 41.8 Å². The Morgan fingerprint density at radius 2 is 2.20 bits per heavy atom. The molecule has 1 heterocycles. The highest BCUT2D eigenvalue weighted by atomic mass is 16.5. The van der Waals surface area contributed by atoms with Crippen molar-refractivity contribution in [1.82, 2.24) is 4.90 Å². The zero-order chi connectivity index (χ0) is 10.5. The summed E-state index contributed by atoms with van der Waals surface area (Å²) in [6.45, 7) is 7.56. The van der Waals surface area contributed by atoms with Crippen molar-refractivity contribution >= 4 is 0 Å². The Morgan fingerprint density at radius 1 is 1.40 bits per heavy atom. The maximum absolute atomic E-state index is 5.54. The summed E-state index contributed by atoms with van der Waals surface area (Å²) < 4.78 is 5.54. The summed E-state index contributed by atoms with van der Waals surface area (Å²) in [6.07, 6.45) is 2.08. The number of benzene rings is 1. The zero-order valence-electron chi connectivity index (χ0n) is 8.93. The molecule has 1 fully saturated rings. The van der Waals surface area contributed by atoms with Crippen molar-refractivity contribution in [2.75, 3.05) is 19.7 Å². The van der Waals surface area contributed by atoms with Gasteiger partial charge in [0.05, 0.1) is 12.7 Å². The van der Waals surface area contributed by atoms with Crippen LogP contribution in [0.3, 0.4) is 0 Å². The maximum atomic E-state index is 5.54. The average molecular weight is 203 g/mol. The number of morpholine rings is 1. The summed E-state index contributed by atoms with van der Waals surface area (Å²) in [4.78, 5) is 2.41. The van der Waals surface area contributed by atoms with E-state index in [0.29, 0.717) is 0 Å². The molecule has 1 saturated heterocycles. The third kappa shape index (κ3) is 2.91. The largest absolute Gasteiger partial charge is 0.371 e. The minimum atomic E-state index is 0.197. The monoisotopic (exact) mass is 203 g/mol. The summed E-state index contributed by atoms with van der Waals surface area (Å²) in [6, 6.07) is 10.5. The minimum absolute atomic E-state index is 0.197. The van der Waals surface area contributed by atoms with E-state index >= 15 is 0 Å². The predicted molar refractivity (Wildman–Crippen MR) is 61.7 cm³/mol. The third-order valence-corrected chi connectivity index (χ3v) is 2.69. The van der Waals surface area contributed by atoms with Crippen molar-refractivity contribution in [2.45, 2.75) is 12.6 Å². The quantitative estimate of drug-likeness (QED) is 0.697. The molecule has 0 aromatic heterocycles. The number of rotatable bonds is 3. The van der Waals surface area contributed by atoms with Crippen molar-refractivity contribution in [3.05, 3.63) is 48.6 Å². The average Bonchev–Trinajstić information content (AvgIpc) is 2.31. The molecule has 0 bridgehead atoms. The second-order valence-corrected chi connectivity index (χ2v) is 3.87. The molecule has 1 aromatic rings. The van der Waals surface area contributed by atoms with Gasteiger partial charge in [-0.2, -0.15) is 0 Å². The van der Waals surface area contributed by atoms with E-state index in [-0.39, 0.29) is 6.10 Å². The Hall–Kier alpha value is -1.12. The Kier molecular flexibility index (Phi) is 3.54. The second kappa shape index (κ2) is 5.10. The fourth-order valence-electron chi connectivity index (χ4n) is 1.86. The molecule has 1 aliphatic rings. The summed E-state index contributed by atoms with van der Waals surface area (Å²) in [5.74, 6) is 0. The molecule has 0 amide bonds. The molecule has 1 unspecified atom stereocenters. The van der Waals surface area contributed by atoms with E-state index in [0.717, 1.165) is 26.2 Å². The number of hydrogen-bond donors (Lipinski definition) is 0. The smallest absolute Gasteiger partial charge is 0.0880 e. The molecule has 80 valence electrons. The molecule has 2 nitrogen and oxygen atoms in total. The highest BCUT2D eigenvalue weighted by Crippen LogP contribution is 2.10. The lowest BCUT2D eigenvalue weighted by atomic mass is 10.2. The van der Waals surface area contributed by atoms with Gasteiger partial charge in [-0.25, -0.2) is 0 Å². The Balaban J connectivity index is 1.92. The Morgan fingerprint density at radius 3 is 2.93 bits per heavy atom. The van der Waals surface area contributed by atoms with E-state index in [4.69, 9.17) is 4.74 Å². The normalized spacial score (nSPS) is 22.5. The fraction of sp³-hybridized carbons (Fsp3) is 0.385. The highest BCUT2D eigenvalue weighted by molar-refractivity contribution is 5.14. The molecular formula is C13H17NO. The topological polar surface area (TPSA) is 12.5 Å². The molecule has 1 aromatic carbocycles. The lowest BCUT2D eigenvalue weighted by molar-refractivity contribution is -0.00631. The Bertz CT molecular complexity index is 310. The molecular weight excluding hydrogens is 186 g/mol. The third-order valence-electron chi connectivity index (χ3n) is 2.69. The van der Waals surface area contributed by atoms with Crippen LogP contribution < -0.4 is 0 Å². The van der Waals surface area contributed by atoms with Crippen LogP contribution in [0.5, 0.6) is 0 Å². The number of nitrogens with zero attached hydrogens (tertiary/aromatic N) is 1. The second-order valence-electron chi connectivity index (χ2n) is 3.87. The fourth-order valence-corrected chi connectivity index (χ4v) is 1.86. The van der Waals surface area contributed by atoms with Gasteiger partial charge in [-0.05, 0) is 5.56 Å². The lowest BCUT2D eigenvalue weighted by Crippen LogP contribution is -2.40. The van der Waals surface area contributed by atoms with Gasteiger partial charge in [0.2, 0.25) is 0 Å². The molecule has 0 saturated carbocycles. The molecule has 2 rings (SSSR count). The van der Waals surface area contributed by atoms with Crippen molar-refractivity contribution < 1.29 is 4.74 Å². The summed E-state index contributed by atoms with van der Waals surface area (Å²) in [5.41, 5.74) is 1.36. The molecule has 15 heavy (non-hydrogen) atoms. The highest BCUT2D eigenvalue weighted by Gasteiger charge is 2.17.